The highest BCUT2D eigenvalue weighted by Gasteiger charge is 2.30. The number of hydrogen-bond donors (Lipinski definition) is 0. The maximum atomic E-state index is 13.0. The van der Waals surface area contributed by atoms with Gasteiger partial charge >= 0.3 is 0 Å². The molecule has 0 unspecified atom stereocenters. The van der Waals surface area contributed by atoms with E-state index >= 15 is 0 Å². The molecular formula is C22H23Cl2N3O2S2. The molecule has 0 radical (unpaired) electrons. The van der Waals surface area contributed by atoms with Gasteiger partial charge in [0.1, 0.15) is 0 Å². The molecule has 31 heavy (non-hydrogen) atoms. The van der Waals surface area contributed by atoms with Crippen LogP contribution in [0.15, 0.2) is 52.7 Å². The highest BCUT2D eigenvalue weighted by atomic mass is 35.5. The zero-order chi connectivity index (χ0) is 22.0. The molecule has 2 aromatic carbocycles. The number of thiazole rings is 1. The molecule has 9 heteroatoms. The van der Waals surface area contributed by atoms with Crippen LogP contribution >= 0.6 is 34.5 Å². The Morgan fingerprint density at radius 3 is 2.26 bits per heavy atom. The molecule has 1 aliphatic heterocycles. The highest BCUT2D eigenvalue weighted by Crippen LogP contribution is 2.30. The van der Waals surface area contributed by atoms with Crippen molar-refractivity contribution in [3.05, 3.63) is 63.5 Å². The van der Waals surface area contributed by atoms with Gasteiger partial charge in [0, 0.05) is 47.2 Å². The van der Waals surface area contributed by atoms with Gasteiger partial charge in [0.05, 0.1) is 10.6 Å². The van der Waals surface area contributed by atoms with Crippen molar-refractivity contribution in [1.82, 2.24) is 9.29 Å². The van der Waals surface area contributed by atoms with E-state index in [4.69, 9.17) is 28.2 Å². The first-order valence-corrected chi connectivity index (χ1v) is 13.2. The Hall–Kier alpha value is -1.64. The average molecular weight is 496 g/mol. The fourth-order valence-corrected chi connectivity index (χ4v) is 6.66. The molecule has 0 N–H and O–H groups in total. The molecule has 0 amide bonds. The second-order valence-corrected chi connectivity index (χ2v) is 11.1. The summed E-state index contributed by atoms with van der Waals surface area (Å²) < 4.78 is 27.4. The number of aromatic nitrogens is 1. The number of piperazine rings is 1. The Morgan fingerprint density at radius 2 is 1.65 bits per heavy atom. The lowest BCUT2D eigenvalue weighted by Crippen LogP contribution is -2.48. The lowest BCUT2D eigenvalue weighted by molar-refractivity contribution is 0.385. The number of nitrogens with zero attached hydrogens (tertiary/aromatic N) is 3. The van der Waals surface area contributed by atoms with E-state index in [9.17, 15) is 8.42 Å². The van der Waals surface area contributed by atoms with Crippen LogP contribution in [-0.2, 0) is 16.4 Å². The van der Waals surface area contributed by atoms with Gasteiger partial charge < -0.3 is 4.90 Å². The third-order valence-corrected chi connectivity index (χ3v) is 8.48. The van der Waals surface area contributed by atoms with Crippen LogP contribution in [0.25, 0.3) is 11.3 Å². The number of sulfonamides is 1. The number of benzene rings is 2. The average Bonchev–Trinajstić information content (AvgIpc) is 3.24. The molecule has 164 valence electrons. The van der Waals surface area contributed by atoms with Gasteiger partial charge in [-0.05, 0) is 30.2 Å². The molecule has 1 aromatic heterocycles. The minimum Gasteiger partial charge on any atom is -0.345 e. The fraction of sp³-hybridized carbons (Fsp3) is 0.318. The van der Waals surface area contributed by atoms with Crippen LogP contribution in [0.2, 0.25) is 10.0 Å². The monoisotopic (exact) mass is 495 g/mol. The van der Waals surface area contributed by atoms with E-state index in [0.717, 1.165) is 29.2 Å². The fourth-order valence-electron chi connectivity index (χ4n) is 3.62. The predicted octanol–water partition coefficient (Wildman–Crippen LogP) is 5.58. The van der Waals surface area contributed by atoms with E-state index in [-0.39, 0.29) is 4.90 Å². The summed E-state index contributed by atoms with van der Waals surface area (Å²) in [7, 11) is -3.64. The minimum absolute atomic E-state index is 0.126. The molecule has 0 aliphatic carbocycles. The topological polar surface area (TPSA) is 53.5 Å². The summed E-state index contributed by atoms with van der Waals surface area (Å²) >= 11 is 13.6. The highest BCUT2D eigenvalue weighted by molar-refractivity contribution is 7.89. The number of halogens is 2. The molecule has 0 atom stereocenters. The largest absolute Gasteiger partial charge is 0.345 e. The van der Waals surface area contributed by atoms with Crippen LogP contribution in [0.5, 0.6) is 0 Å². The molecule has 2 heterocycles. The van der Waals surface area contributed by atoms with Crippen LogP contribution in [0.1, 0.15) is 18.9 Å². The molecule has 5 nitrogen and oxygen atoms in total. The maximum Gasteiger partial charge on any atom is 0.243 e. The van der Waals surface area contributed by atoms with Crippen LogP contribution in [0.3, 0.4) is 0 Å². The van der Waals surface area contributed by atoms with Crippen molar-refractivity contribution in [2.24, 2.45) is 0 Å². The first-order valence-electron chi connectivity index (χ1n) is 10.1. The van der Waals surface area contributed by atoms with Crippen LogP contribution in [0.4, 0.5) is 5.13 Å². The SMILES string of the molecule is CCCc1ccc(-c2csc(N3CCN(S(=O)(=O)c4cc(Cl)cc(Cl)c4)CC3)n2)cc1. The summed E-state index contributed by atoms with van der Waals surface area (Å²) in [5, 5.41) is 3.59. The number of anilines is 1. The quantitative estimate of drug-likeness (QED) is 0.447. The van der Waals surface area contributed by atoms with Crippen molar-refractivity contribution in [1.29, 1.82) is 0 Å². The molecule has 4 rings (SSSR count). The summed E-state index contributed by atoms with van der Waals surface area (Å²) in [5.41, 5.74) is 3.38. The van der Waals surface area contributed by atoms with E-state index in [2.05, 4.69) is 41.5 Å². The Kier molecular flexibility index (Phi) is 6.89. The van der Waals surface area contributed by atoms with Crippen molar-refractivity contribution in [2.75, 3.05) is 31.1 Å². The van der Waals surface area contributed by atoms with Crippen molar-refractivity contribution >= 4 is 49.7 Å². The molecular weight excluding hydrogens is 473 g/mol. The van der Waals surface area contributed by atoms with Crippen LogP contribution < -0.4 is 4.90 Å². The van der Waals surface area contributed by atoms with Crippen molar-refractivity contribution < 1.29 is 8.42 Å². The molecule has 0 saturated carbocycles. The van der Waals surface area contributed by atoms with Gasteiger partial charge in [-0.25, -0.2) is 13.4 Å². The Morgan fingerprint density at radius 1 is 1.00 bits per heavy atom. The summed E-state index contributed by atoms with van der Waals surface area (Å²) in [6.07, 6.45) is 2.21. The predicted molar refractivity (Wildman–Crippen MR) is 129 cm³/mol. The summed E-state index contributed by atoms with van der Waals surface area (Å²) in [6.45, 7) is 4.10. The van der Waals surface area contributed by atoms with Crippen LogP contribution in [0, 0.1) is 0 Å². The summed E-state index contributed by atoms with van der Waals surface area (Å²) in [5.74, 6) is 0. The molecule has 0 spiro atoms. The summed E-state index contributed by atoms with van der Waals surface area (Å²) in [6, 6.07) is 12.9. The smallest absolute Gasteiger partial charge is 0.243 e. The third-order valence-electron chi connectivity index (χ3n) is 5.26. The van der Waals surface area contributed by atoms with Crippen LogP contribution in [-0.4, -0.2) is 43.9 Å². The number of aryl methyl sites for hydroxylation is 1. The van der Waals surface area contributed by atoms with Gasteiger partial charge in [-0.2, -0.15) is 4.31 Å². The zero-order valence-corrected chi connectivity index (χ0v) is 20.2. The number of rotatable bonds is 6. The van der Waals surface area contributed by atoms with E-state index in [0.29, 0.717) is 36.2 Å². The first-order chi connectivity index (χ1) is 14.9. The second kappa shape index (κ2) is 9.46. The van der Waals surface area contributed by atoms with E-state index < -0.39 is 10.0 Å². The summed E-state index contributed by atoms with van der Waals surface area (Å²) in [4.78, 5) is 7.05. The Balaban J connectivity index is 1.43. The minimum atomic E-state index is -3.64. The molecule has 1 saturated heterocycles. The molecule has 3 aromatic rings. The van der Waals surface area contributed by atoms with Gasteiger partial charge in [-0.1, -0.05) is 60.8 Å². The van der Waals surface area contributed by atoms with Crippen molar-refractivity contribution in [3.8, 4) is 11.3 Å². The Labute approximate surface area is 197 Å². The second-order valence-electron chi connectivity index (χ2n) is 7.46. The first kappa shape index (κ1) is 22.6. The standard InChI is InChI=1S/C22H23Cl2N3O2S2/c1-2-3-16-4-6-17(7-5-16)21-15-30-22(25-21)26-8-10-27(11-9-26)31(28,29)20-13-18(23)12-19(24)14-20/h4-7,12-15H,2-3,8-11H2,1H3. The van der Waals surface area contributed by atoms with Gasteiger partial charge in [0.25, 0.3) is 0 Å². The van der Waals surface area contributed by atoms with Gasteiger partial charge in [-0.15, -0.1) is 11.3 Å². The van der Waals surface area contributed by atoms with E-state index in [1.165, 1.54) is 28.1 Å². The normalized spacial score (nSPS) is 15.4. The van der Waals surface area contributed by atoms with E-state index in [1.807, 2.05) is 0 Å². The lowest BCUT2D eigenvalue weighted by atomic mass is 10.1. The zero-order valence-electron chi connectivity index (χ0n) is 17.1. The molecule has 1 fully saturated rings. The van der Waals surface area contributed by atoms with E-state index in [1.54, 1.807) is 11.3 Å². The molecule has 1 aliphatic rings. The maximum absolute atomic E-state index is 13.0. The Bertz CT molecular complexity index is 1140. The lowest BCUT2D eigenvalue weighted by Gasteiger charge is -2.33. The van der Waals surface area contributed by atoms with Gasteiger partial charge in [-0.3, -0.25) is 0 Å². The third kappa shape index (κ3) is 5.07. The van der Waals surface area contributed by atoms with Gasteiger partial charge in [0.2, 0.25) is 10.0 Å². The van der Waals surface area contributed by atoms with Gasteiger partial charge in [0.15, 0.2) is 5.13 Å². The number of hydrogen-bond acceptors (Lipinski definition) is 5. The molecule has 0 bridgehead atoms. The van der Waals surface area contributed by atoms with Crippen molar-refractivity contribution in [3.63, 3.8) is 0 Å². The van der Waals surface area contributed by atoms with Crippen molar-refractivity contribution in [2.45, 2.75) is 24.7 Å².